The SMILES string of the molecule is CC(C)(C)[C@H](O)c1nc2ccccc2c(=O)n1N[C@@H]1CCC=C[C@@H]1O. The minimum Gasteiger partial charge on any atom is -0.387 e. The number of rotatable bonds is 3. The lowest BCUT2D eigenvalue weighted by atomic mass is 9.88. The number of para-hydroxylation sites is 1. The van der Waals surface area contributed by atoms with Crippen molar-refractivity contribution in [3.05, 3.63) is 52.6 Å². The van der Waals surface area contributed by atoms with Gasteiger partial charge in [-0.15, -0.1) is 0 Å². The summed E-state index contributed by atoms with van der Waals surface area (Å²) in [6.07, 6.45) is 3.54. The molecule has 1 aromatic carbocycles. The molecule has 0 amide bonds. The Hall–Kier alpha value is -2.18. The molecule has 0 bridgehead atoms. The quantitative estimate of drug-likeness (QED) is 0.743. The number of hydrogen-bond acceptors (Lipinski definition) is 5. The Morgan fingerprint density at radius 1 is 1.32 bits per heavy atom. The zero-order valence-electron chi connectivity index (χ0n) is 14.8. The first-order chi connectivity index (χ1) is 11.8. The molecule has 1 heterocycles. The van der Waals surface area contributed by atoms with Crippen molar-refractivity contribution in [2.45, 2.75) is 51.9 Å². The molecule has 3 N–H and O–H groups in total. The average molecular weight is 343 g/mol. The van der Waals surface area contributed by atoms with Crippen molar-refractivity contribution in [3.63, 3.8) is 0 Å². The molecule has 6 nitrogen and oxygen atoms in total. The van der Waals surface area contributed by atoms with Crippen LogP contribution in [-0.2, 0) is 0 Å². The van der Waals surface area contributed by atoms with Gasteiger partial charge in [-0.25, -0.2) is 9.66 Å². The van der Waals surface area contributed by atoms with Gasteiger partial charge in [0.2, 0.25) is 0 Å². The van der Waals surface area contributed by atoms with Crippen LogP contribution >= 0.6 is 0 Å². The van der Waals surface area contributed by atoms with Gasteiger partial charge >= 0.3 is 0 Å². The van der Waals surface area contributed by atoms with E-state index >= 15 is 0 Å². The van der Waals surface area contributed by atoms with E-state index in [9.17, 15) is 15.0 Å². The first kappa shape index (κ1) is 17.6. The normalized spacial score (nSPS) is 22.1. The summed E-state index contributed by atoms with van der Waals surface area (Å²) in [4.78, 5) is 17.6. The maximum atomic E-state index is 13.0. The monoisotopic (exact) mass is 343 g/mol. The Balaban J connectivity index is 2.15. The van der Waals surface area contributed by atoms with Crippen molar-refractivity contribution in [2.75, 3.05) is 5.43 Å². The summed E-state index contributed by atoms with van der Waals surface area (Å²) in [5.74, 6) is 0.262. The van der Waals surface area contributed by atoms with E-state index in [2.05, 4.69) is 10.4 Å². The largest absolute Gasteiger partial charge is 0.387 e. The second-order valence-electron chi connectivity index (χ2n) is 7.63. The molecular formula is C19H25N3O3. The van der Waals surface area contributed by atoms with Crippen LogP contribution in [0.4, 0.5) is 0 Å². The molecule has 3 atom stereocenters. The van der Waals surface area contributed by atoms with Gasteiger partial charge in [0, 0.05) is 0 Å². The van der Waals surface area contributed by atoms with Crippen molar-refractivity contribution >= 4 is 10.9 Å². The standard InChI is InChI=1S/C19H25N3O3/c1-19(2,3)16(24)17-20-13-9-5-4-8-12(13)18(25)22(17)21-14-10-6-7-11-15(14)23/h4-5,7-9,11,14-16,21,23-24H,6,10H2,1-3H3/t14-,15+,16-/m1/s1. The van der Waals surface area contributed by atoms with Crippen LogP contribution < -0.4 is 11.0 Å². The highest BCUT2D eigenvalue weighted by Crippen LogP contribution is 2.31. The first-order valence-corrected chi connectivity index (χ1v) is 8.60. The van der Waals surface area contributed by atoms with Crippen LogP contribution in [0.15, 0.2) is 41.2 Å². The Bertz CT molecular complexity index is 851. The molecule has 0 saturated heterocycles. The highest BCUT2D eigenvalue weighted by molar-refractivity contribution is 5.77. The van der Waals surface area contributed by atoms with Crippen molar-refractivity contribution in [2.24, 2.45) is 5.41 Å². The molecule has 3 rings (SSSR count). The van der Waals surface area contributed by atoms with Crippen LogP contribution in [-0.4, -0.2) is 32.0 Å². The maximum Gasteiger partial charge on any atom is 0.280 e. The van der Waals surface area contributed by atoms with Crippen LogP contribution in [0.3, 0.4) is 0 Å². The number of benzene rings is 1. The number of aromatic nitrogens is 2. The summed E-state index contributed by atoms with van der Waals surface area (Å²) in [6, 6.07) is 6.77. The van der Waals surface area contributed by atoms with Gasteiger partial charge in [0.05, 0.1) is 23.0 Å². The number of aliphatic hydroxyl groups excluding tert-OH is 2. The molecule has 1 aliphatic carbocycles. The van der Waals surface area contributed by atoms with Crippen molar-refractivity contribution in [1.29, 1.82) is 0 Å². The molecule has 6 heteroatoms. The van der Waals surface area contributed by atoms with E-state index in [1.807, 2.05) is 32.9 Å². The fourth-order valence-corrected chi connectivity index (χ4v) is 2.97. The third-order valence-electron chi connectivity index (χ3n) is 4.55. The molecule has 0 spiro atoms. The summed E-state index contributed by atoms with van der Waals surface area (Å²) in [5, 5.41) is 21.4. The molecule has 25 heavy (non-hydrogen) atoms. The van der Waals surface area contributed by atoms with Gasteiger partial charge in [-0.1, -0.05) is 45.1 Å². The number of hydrogen-bond donors (Lipinski definition) is 3. The number of allylic oxidation sites excluding steroid dienone is 1. The number of fused-ring (bicyclic) bond motifs is 1. The van der Waals surface area contributed by atoms with Gasteiger partial charge in [0.15, 0.2) is 5.82 Å². The summed E-state index contributed by atoms with van der Waals surface area (Å²) in [5.41, 5.74) is 2.88. The molecule has 0 unspecified atom stereocenters. The van der Waals surface area contributed by atoms with Gasteiger partial charge in [-0.2, -0.15) is 0 Å². The van der Waals surface area contributed by atoms with E-state index in [4.69, 9.17) is 0 Å². The Labute approximate surface area is 146 Å². The lowest BCUT2D eigenvalue weighted by molar-refractivity contribution is 0.0511. The van der Waals surface area contributed by atoms with Gasteiger partial charge in [-0.3, -0.25) is 4.79 Å². The smallest absolute Gasteiger partial charge is 0.280 e. The van der Waals surface area contributed by atoms with Gasteiger partial charge in [0.25, 0.3) is 5.56 Å². The van der Waals surface area contributed by atoms with Crippen molar-refractivity contribution in [1.82, 2.24) is 9.66 Å². The summed E-state index contributed by atoms with van der Waals surface area (Å²) in [7, 11) is 0. The van der Waals surface area contributed by atoms with Crippen LogP contribution in [0.5, 0.6) is 0 Å². The molecule has 0 fully saturated rings. The van der Waals surface area contributed by atoms with Crippen molar-refractivity contribution in [3.8, 4) is 0 Å². The zero-order chi connectivity index (χ0) is 18.2. The number of nitrogens with one attached hydrogen (secondary N) is 1. The molecule has 1 aliphatic rings. The van der Waals surface area contributed by atoms with E-state index in [0.717, 1.165) is 6.42 Å². The van der Waals surface area contributed by atoms with Crippen LogP contribution in [0.2, 0.25) is 0 Å². The second kappa shape index (κ2) is 6.61. The predicted molar refractivity (Wildman–Crippen MR) is 97.9 cm³/mol. The number of nitrogens with zero attached hydrogens (tertiary/aromatic N) is 2. The predicted octanol–water partition coefficient (Wildman–Crippen LogP) is 2.10. The lowest BCUT2D eigenvalue weighted by Gasteiger charge is -2.31. The van der Waals surface area contributed by atoms with Crippen LogP contribution in [0.1, 0.15) is 45.5 Å². The Kier molecular flexibility index (Phi) is 4.67. The summed E-state index contributed by atoms with van der Waals surface area (Å²) < 4.78 is 1.31. The van der Waals surface area contributed by atoms with Crippen LogP contribution in [0, 0.1) is 5.41 Å². The molecular weight excluding hydrogens is 318 g/mol. The first-order valence-electron chi connectivity index (χ1n) is 8.60. The topological polar surface area (TPSA) is 87.4 Å². The molecule has 1 aromatic heterocycles. The summed E-state index contributed by atoms with van der Waals surface area (Å²) in [6.45, 7) is 5.67. The average Bonchev–Trinajstić information content (AvgIpc) is 2.57. The Morgan fingerprint density at radius 3 is 2.72 bits per heavy atom. The second-order valence-corrected chi connectivity index (χ2v) is 7.63. The minimum atomic E-state index is -0.936. The minimum absolute atomic E-state index is 0.262. The highest BCUT2D eigenvalue weighted by atomic mass is 16.3. The highest BCUT2D eigenvalue weighted by Gasteiger charge is 2.30. The third-order valence-corrected chi connectivity index (χ3v) is 4.55. The Morgan fingerprint density at radius 2 is 2.04 bits per heavy atom. The molecule has 2 aromatic rings. The van der Waals surface area contributed by atoms with E-state index in [1.165, 1.54) is 4.68 Å². The van der Waals surface area contributed by atoms with Gasteiger partial charge in [0.1, 0.15) is 6.10 Å². The van der Waals surface area contributed by atoms with E-state index in [-0.39, 0.29) is 17.4 Å². The number of aliphatic hydroxyl groups is 2. The molecule has 0 saturated carbocycles. The maximum absolute atomic E-state index is 13.0. The lowest BCUT2D eigenvalue weighted by Crippen LogP contribution is -2.45. The van der Waals surface area contributed by atoms with Gasteiger partial charge in [-0.05, 0) is 30.4 Å². The van der Waals surface area contributed by atoms with Crippen LogP contribution in [0.25, 0.3) is 10.9 Å². The third kappa shape index (κ3) is 3.45. The molecule has 134 valence electrons. The summed E-state index contributed by atoms with van der Waals surface area (Å²) >= 11 is 0. The molecule has 0 aliphatic heterocycles. The zero-order valence-corrected chi connectivity index (χ0v) is 14.8. The van der Waals surface area contributed by atoms with Gasteiger partial charge < -0.3 is 15.6 Å². The van der Waals surface area contributed by atoms with E-state index in [1.54, 1.807) is 24.3 Å². The van der Waals surface area contributed by atoms with E-state index < -0.39 is 17.6 Å². The van der Waals surface area contributed by atoms with Crippen molar-refractivity contribution < 1.29 is 10.2 Å². The van der Waals surface area contributed by atoms with E-state index in [0.29, 0.717) is 17.3 Å². The molecule has 0 radical (unpaired) electrons. The fourth-order valence-electron chi connectivity index (χ4n) is 2.97. The fraction of sp³-hybridized carbons (Fsp3) is 0.474.